The van der Waals surface area contributed by atoms with Crippen molar-refractivity contribution in [2.24, 2.45) is 11.7 Å². The van der Waals surface area contributed by atoms with Crippen LogP contribution in [0.25, 0.3) is 0 Å². The fraction of sp³-hybridized carbons (Fsp3) is 0.600. The summed E-state index contributed by atoms with van der Waals surface area (Å²) in [5.41, 5.74) is 5.86. The Hall–Kier alpha value is -0.710. The number of benzene rings is 1. The van der Waals surface area contributed by atoms with Crippen LogP contribution < -0.4 is 10.5 Å². The summed E-state index contributed by atoms with van der Waals surface area (Å²) in [6.07, 6.45) is 1.49. The predicted octanol–water partition coefficient (Wildman–Crippen LogP) is 0.776. The van der Waals surface area contributed by atoms with Gasteiger partial charge in [-0.1, -0.05) is 18.2 Å². The zero-order valence-corrected chi connectivity index (χ0v) is 16.6. The molecule has 25 heavy (non-hydrogen) atoms. The average Bonchev–Trinajstić information content (AvgIpc) is 2.55. The Balaban J connectivity index is 0.00000312. The van der Waals surface area contributed by atoms with Gasteiger partial charge >= 0.3 is 0 Å². The third kappa shape index (κ3) is 6.19. The second-order valence-corrected chi connectivity index (χ2v) is 9.98. The molecule has 0 aliphatic carbocycles. The van der Waals surface area contributed by atoms with Crippen LogP contribution in [0.5, 0.6) is 0 Å². The van der Waals surface area contributed by atoms with Gasteiger partial charge in [-0.3, -0.25) is 0 Å². The van der Waals surface area contributed by atoms with Gasteiger partial charge in [0.25, 0.3) is 0 Å². The lowest BCUT2D eigenvalue weighted by Crippen LogP contribution is -2.44. The number of nitrogens with one attached hydrogen (secondary N) is 1. The molecule has 144 valence electrons. The highest BCUT2D eigenvalue weighted by Crippen LogP contribution is 2.21. The van der Waals surface area contributed by atoms with E-state index in [1.54, 1.807) is 18.2 Å². The fourth-order valence-corrected chi connectivity index (χ4v) is 5.36. The Morgan fingerprint density at radius 2 is 1.72 bits per heavy atom. The van der Waals surface area contributed by atoms with Crippen molar-refractivity contribution in [3.8, 4) is 0 Å². The first-order valence-corrected chi connectivity index (χ1v) is 11.1. The smallest absolute Gasteiger partial charge is 0.240 e. The van der Waals surface area contributed by atoms with Gasteiger partial charge in [-0.15, -0.1) is 12.4 Å². The maximum atomic E-state index is 12.3. The van der Waals surface area contributed by atoms with E-state index in [-0.39, 0.29) is 35.6 Å². The van der Waals surface area contributed by atoms with Crippen LogP contribution >= 0.6 is 12.4 Å². The second-order valence-electron chi connectivity index (χ2n) is 6.12. The number of halogens is 1. The Morgan fingerprint density at radius 1 is 1.16 bits per heavy atom. The minimum Gasteiger partial charge on any atom is -0.328 e. The first-order valence-electron chi connectivity index (χ1n) is 8.00. The number of piperidine rings is 1. The van der Waals surface area contributed by atoms with Gasteiger partial charge in [0, 0.05) is 25.7 Å². The van der Waals surface area contributed by atoms with Gasteiger partial charge in [0.2, 0.25) is 20.0 Å². The third-order valence-corrected chi connectivity index (χ3v) is 7.69. The van der Waals surface area contributed by atoms with Crippen molar-refractivity contribution in [3.05, 3.63) is 30.3 Å². The molecule has 0 aromatic heterocycles. The van der Waals surface area contributed by atoms with E-state index in [1.165, 1.54) is 16.4 Å². The molecule has 1 unspecified atom stereocenters. The van der Waals surface area contributed by atoms with Gasteiger partial charge in [0.15, 0.2) is 0 Å². The molecule has 10 heteroatoms. The monoisotopic (exact) mass is 411 g/mol. The Morgan fingerprint density at radius 3 is 2.24 bits per heavy atom. The summed E-state index contributed by atoms with van der Waals surface area (Å²) in [7, 11) is -7.15. The van der Waals surface area contributed by atoms with E-state index < -0.39 is 20.0 Å². The van der Waals surface area contributed by atoms with Crippen molar-refractivity contribution in [2.45, 2.75) is 30.7 Å². The van der Waals surface area contributed by atoms with Crippen molar-refractivity contribution < 1.29 is 16.8 Å². The molecule has 1 aromatic rings. The summed E-state index contributed by atoms with van der Waals surface area (Å²) in [6, 6.07) is 7.95. The lowest BCUT2D eigenvalue weighted by Gasteiger charge is -2.32. The molecule has 0 radical (unpaired) electrons. The van der Waals surface area contributed by atoms with Crippen molar-refractivity contribution in [2.75, 3.05) is 25.4 Å². The van der Waals surface area contributed by atoms with Gasteiger partial charge in [-0.05, 0) is 37.8 Å². The van der Waals surface area contributed by atoms with Crippen molar-refractivity contribution in [1.82, 2.24) is 9.03 Å². The van der Waals surface area contributed by atoms with Gasteiger partial charge in [0.1, 0.15) is 0 Å². The molecule has 2 rings (SSSR count). The molecular formula is C15H26ClN3O4S2. The summed E-state index contributed by atoms with van der Waals surface area (Å²) in [5.74, 6) is 0.0927. The van der Waals surface area contributed by atoms with E-state index in [0.29, 0.717) is 19.0 Å². The van der Waals surface area contributed by atoms with E-state index >= 15 is 0 Å². The molecule has 7 nitrogen and oxygen atoms in total. The number of sulfonamides is 2. The van der Waals surface area contributed by atoms with Crippen LogP contribution in [0.4, 0.5) is 0 Å². The summed E-state index contributed by atoms with van der Waals surface area (Å²) in [6.45, 7) is 2.68. The first-order chi connectivity index (χ1) is 11.2. The summed E-state index contributed by atoms with van der Waals surface area (Å²) >= 11 is 0. The third-order valence-electron chi connectivity index (χ3n) is 4.34. The normalized spacial score (nSPS) is 18.5. The lowest BCUT2D eigenvalue weighted by molar-refractivity contribution is 0.251. The van der Waals surface area contributed by atoms with E-state index in [2.05, 4.69) is 4.72 Å². The Kier molecular flexibility index (Phi) is 8.30. The van der Waals surface area contributed by atoms with E-state index in [1.807, 2.05) is 6.92 Å². The molecule has 1 aliphatic rings. The van der Waals surface area contributed by atoms with E-state index in [0.717, 1.165) is 12.8 Å². The topological polar surface area (TPSA) is 110 Å². The molecule has 1 heterocycles. The minimum absolute atomic E-state index is 0. The molecule has 0 bridgehead atoms. The molecule has 1 fully saturated rings. The molecule has 3 N–H and O–H groups in total. The second kappa shape index (κ2) is 9.29. The predicted molar refractivity (Wildman–Crippen MR) is 101 cm³/mol. The van der Waals surface area contributed by atoms with Crippen LogP contribution in [0.1, 0.15) is 19.8 Å². The quantitative estimate of drug-likeness (QED) is 0.688. The van der Waals surface area contributed by atoms with E-state index in [9.17, 15) is 16.8 Å². The van der Waals surface area contributed by atoms with Crippen molar-refractivity contribution in [1.29, 1.82) is 0 Å². The molecule has 0 spiro atoms. The van der Waals surface area contributed by atoms with Gasteiger partial charge in [0.05, 0.1) is 10.6 Å². The number of nitrogens with two attached hydrogens (primary N) is 1. The molecule has 0 amide bonds. The van der Waals surface area contributed by atoms with Gasteiger partial charge < -0.3 is 5.73 Å². The number of hydrogen-bond donors (Lipinski definition) is 2. The molecule has 0 saturated carbocycles. The van der Waals surface area contributed by atoms with Crippen molar-refractivity contribution >= 4 is 32.5 Å². The fourth-order valence-electron chi connectivity index (χ4n) is 2.80. The van der Waals surface area contributed by atoms with Crippen LogP contribution in [-0.4, -0.2) is 52.6 Å². The maximum Gasteiger partial charge on any atom is 0.240 e. The van der Waals surface area contributed by atoms with Crippen LogP contribution in [0.15, 0.2) is 35.2 Å². The Bertz CT molecular complexity index is 731. The standard InChI is InChI=1S/C15H25N3O4S2.ClH/c1-13(16)14-7-10-18(11-8-14)23(19,20)12-9-17-24(21,22)15-5-3-2-4-6-15;/h2-6,13-14,17H,7-12,16H2,1H3;1H. The molecule has 1 atom stereocenters. The largest absolute Gasteiger partial charge is 0.328 e. The SMILES string of the molecule is CC(N)C1CCN(S(=O)(=O)CCNS(=O)(=O)c2ccccc2)CC1.Cl. The highest BCUT2D eigenvalue weighted by Gasteiger charge is 2.29. The first kappa shape index (κ1) is 22.3. The molecule has 1 saturated heterocycles. The maximum absolute atomic E-state index is 12.3. The zero-order valence-electron chi connectivity index (χ0n) is 14.2. The minimum atomic E-state index is -3.68. The highest BCUT2D eigenvalue weighted by atomic mass is 35.5. The zero-order chi connectivity index (χ0) is 17.8. The van der Waals surface area contributed by atoms with Gasteiger partial charge in [-0.25, -0.2) is 25.9 Å². The van der Waals surface area contributed by atoms with Crippen LogP contribution in [0.2, 0.25) is 0 Å². The number of nitrogens with zero attached hydrogens (tertiary/aromatic N) is 1. The van der Waals surface area contributed by atoms with Crippen LogP contribution in [0.3, 0.4) is 0 Å². The highest BCUT2D eigenvalue weighted by molar-refractivity contribution is 7.90. The number of hydrogen-bond acceptors (Lipinski definition) is 5. The molecule has 1 aliphatic heterocycles. The summed E-state index contributed by atoms with van der Waals surface area (Å²) < 4.78 is 52.6. The van der Waals surface area contributed by atoms with Crippen LogP contribution in [-0.2, 0) is 20.0 Å². The van der Waals surface area contributed by atoms with Gasteiger partial charge in [-0.2, -0.15) is 0 Å². The lowest BCUT2D eigenvalue weighted by atomic mass is 9.92. The Labute approximate surface area is 156 Å². The van der Waals surface area contributed by atoms with E-state index in [4.69, 9.17) is 5.73 Å². The summed E-state index contributed by atoms with van der Waals surface area (Å²) in [5, 5.41) is 0. The number of rotatable bonds is 7. The summed E-state index contributed by atoms with van der Waals surface area (Å²) in [4.78, 5) is 0.125. The van der Waals surface area contributed by atoms with Crippen molar-refractivity contribution in [3.63, 3.8) is 0 Å². The van der Waals surface area contributed by atoms with Crippen LogP contribution in [0, 0.1) is 5.92 Å². The molecule has 1 aromatic carbocycles. The average molecular weight is 412 g/mol. The molecular weight excluding hydrogens is 386 g/mol.